The van der Waals surface area contributed by atoms with Crippen molar-refractivity contribution >= 4 is 25.0 Å². The fraction of sp³-hybridized carbons (Fsp3) is 0.200. The van der Waals surface area contributed by atoms with Gasteiger partial charge in [-0.3, -0.25) is 0 Å². The first kappa shape index (κ1) is 10.2. The number of thiol groups is 1. The van der Waals surface area contributed by atoms with E-state index in [1.807, 2.05) is 0 Å². The molecule has 0 aromatic carbocycles. The van der Waals surface area contributed by atoms with Crippen molar-refractivity contribution in [1.29, 1.82) is 0 Å². The Morgan fingerprint density at radius 2 is 1.57 bits per heavy atom. The zero-order valence-corrected chi connectivity index (χ0v) is 5.71. The lowest BCUT2D eigenvalue weighted by Crippen LogP contribution is -1.79. The van der Waals surface area contributed by atoms with Crippen LogP contribution in [0.15, 0.2) is 25.3 Å². The van der Waals surface area contributed by atoms with Crippen LogP contribution in [0.4, 0.5) is 0 Å². The van der Waals surface area contributed by atoms with Crippen LogP contribution in [0.2, 0.25) is 0 Å². The van der Waals surface area contributed by atoms with Gasteiger partial charge in [0.15, 0.2) is 0 Å². The number of rotatable bonds is 2. The predicted molar refractivity (Wildman–Crippen MR) is 40.4 cm³/mol. The molecule has 0 nitrogen and oxygen atoms in total. The Bertz CT molecular complexity index is 53.1. The van der Waals surface area contributed by atoms with E-state index >= 15 is 0 Å². The molecular formula is C5H9ClS. The van der Waals surface area contributed by atoms with Crippen LogP contribution in [0.5, 0.6) is 0 Å². The minimum atomic E-state index is 0. The standard InChI is InChI=1S/C5H8S.ClH/c1-3-5(6)4-2;/h3-6H,1-2H2;1H. The van der Waals surface area contributed by atoms with Gasteiger partial charge in [0.2, 0.25) is 0 Å². The van der Waals surface area contributed by atoms with Gasteiger partial charge in [0, 0.05) is 5.25 Å². The topological polar surface area (TPSA) is 0 Å². The van der Waals surface area contributed by atoms with Gasteiger partial charge in [0.1, 0.15) is 0 Å². The van der Waals surface area contributed by atoms with Gasteiger partial charge in [0.05, 0.1) is 0 Å². The van der Waals surface area contributed by atoms with Crippen LogP contribution in [0.25, 0.3) is 0 Å². The Labute approximate surface area is 56.1 Å². The SMILES string of the molecule is C=CC(S)C=C.Cl. The van der Waals surface area contributed by atoms with E-state index in [4.69, 9.17) is 0 Å². The molecule has 0 saturated heterocycles. The van der Waals surface area contributed by atoms with E-state index in [0.29, 0.717) is 0 Å². The summed E-state index contributed by atoms with van der Waals surface area (Å²) in [5.74, 6) is 0. The molecule has 0 aliphatic heterocycles. The van der Waals surface area contributed by atoms with Crippen LogP contribution in [0.1, 0.15) is 0 Å². The molecule has 0 aliphatic carbocycles. The van der Waals surface area contributed by atoms with E-state index < -0.39 is 0 Å². The lowest BCUT2D eigenvalue weighted by atomic mass is 10.4. The molecule has 0 atom stereocenters. The van der Waals surface area contributed by atoms with Crippen LogP contribution in [-0.2, 0) is 0 Å². The van der Waals surface area contributed by atoms with Crippen molar-refractivity contribution < 1.29 is 0 Å². The Hall–Kier alpha value is 0.120. The highest BCUT2D eigenvalue weighted by Gasteiger charge is 1.80. The van der Waals surface area contributed by atoms with Crippen LogP contribution >= 0.6 is 25.0 Å². The molecule has 0 unspecified atom stereocenters. The van der Waals surface area contributed by atoms with Crippen LogP contribution < -0.4 is 0 Å². The average Bonchev–Trinajstić information content (AvgIpc) is 1.65. The number of halogens is 1. The van der Waals surface area contributed by atoms with Gasteiger partial charge in [-0.25, -0.2) is 0 Å². The molecule has 0 bridgehead atoms. The second kappa shape index (κ2) is 6.12. The lowest BCUT2D eigenvalue weighted by molar-refractivity contribution is 1.46. The normalized spacial score (nSPS) is 7.14. The second-order valence-electron chi connectivity index (χ2n) is 0.962. The van der Waals surface area contributed by atoms with Gasteiger partial charge < -0.3 is 0 Å². The summed E-state index contributed by atoms with van der Waals surface area (Å²) in [4.78, 5) is 0. The maximum Gasteiger partial charge on any atom is 0.0372 e. The van der Waals surface area contributed by atoms with Crippen molar-refractivity contribution in [1.82, 2.24) is 0 Å². The molecule has 0 aliphatic rings. The summed E-state index contributed by atoms with van der Waals surface area (Å²) < 4.78 is 0. The first-order valence-electron chi connectivity index (χ1n) is 1.74. The maximum atomic E-state index is 3.99. The predicted octanol–water partition coefficient (Wildman–Crippen LogP) is 2.08. The van der Waals surface area contributed by atoms with Crippen molar-refractivity contribution in [2.45, 2.75) is 5.25 Å². The van der Waals surface area contributed by atoms with Crippen molar-refractivity contribution in [3.05, 3.63) is 25.3 Å². The Balaban J connectivity index is 0. The van der Waals surface area contributed by atoms with E-state index in [0.717, 1.165) is 0 Å². The number of hydrogen-bond donors (Lipinski definition) is 1. The summed E-state index contributed by atoms with van der Waals surface area (Å²) in [5, 5.41) is 0.157. The minimum Gasteiger partial charge on any atom is -0.168 e. The first-order chi connectivity index (χ1) is 2.81. The average molecular weight is 137 g/mol. The smallest absolute Gasteiger partial charge is 0.0372 e. The van der Waals surface area contributed by atoms with E-state index in [1.54, 1.807) is 12.2 Å². The molecule has 42 valence electrons. The van der Waals surface area contributed by atoms with Gasteiger partial charge >= 0.3 is 0 Å². The summed E-state index contributed by atoms with van der Waals surface area (Å²) in [5.41, 5.74) is 0. The molecule has 0 fully saturated rings. The van der Waals surface area contributed by atoms with Gasteiger partial charge in [-0.1, -0.05) is 12.2 Å². The molecule has 0 amide bonds. The van der Waals surface area contributed by atoms with Gasteiger partial charge in [0.25, 0.3) is 0 Å². The fourth-order valence-electron chi connectivity index (χ4n) is 0.0962. The molecule has 0 saturated carbocycles. The quantitative estimate of drug-likeness (QED) is 0.436. The third-order valence-corrected chi connectivity index (χ3v) is 0.905. The van der Waals surface area contributed by atoms with Crippen molar-refractivity contribution in [3.63, 3.8) is 0 Å². The third kappa shape index (κ3) is 6.12. The zero-order valence-electron chi connectivity index (χ0n) is 4.00. The van der Waals surface area contributed by atoms with E-state index in [-0.39, 0.29) is 17.7 Å². The lowest BCUT2D eigenvalue weighted by Gasteiger charge is -1.87. The molecular weight excluding hydrogens is 128 g/mol. The molecule has 2 heteroatoms. The summed E-state index contributed by atoms with van der Waals surface area (Å²) in [6.45, 7) is 6.97. The summed E-state index contributed by atoms with van der Waals surface area (Å²) in [6, 6.07) is 0. The van der Waals surface area contributed by atoms with Crippen LogP contribution in [-0.4, -0.2) is 5.25 Å². The summed E-state index contributed by atoms with van der Waals surface area (Å²) in [7, 11) is 0. The monoisotopic (exact) mass is 136 g/mol. The molecule has 0 aromatic rings. The maximum absolute atomic E-state index is 3.99. The highest BCUT2D eigenvalue weighted by molar-refractivity contribution is 7.81. The molecule has 0 radical (unpaired) electrons. The zero-order chi connectivity index (χ0) is 4.99. The molecule has 7 heavy (non-hydrogen) atoms. The molecule has 0 rings (SSSR count). The highest BCUT2D eigenvalue weighted by atomic mass is 35.5. The number of hydrogen-bond acceptors (Lipinski definition) is 1. The van der Waals surface area contributed by atoms with Gasteiger partial charge in [-0.2, -0.15) is 12.6 Å². The van der Waals surface area contributed by atoms with Gasteiger partial charge in [-0.05, 0) is 0 Å². The molecule has 0 heterocycles. The minimum absolute atomic E-state index is 0. The highest BCUT2D eigenvalue weighted by Crippen LogP contribution is 1.93. The van der Waals surface area contributed by atoms with Crippen molar-refractivity contribution in [2.75, 3.05) is 0 Å². The molecule has 0 N–H and O–H groups in total. The van der Waals surface area contributed by atoms with Crippen LogP contribution in [0, 0.1) is 0 Å². The van der Waals surface area contributed by atoms with E-state index in [1.165, 1.54) is 0 Å². The van der Waals surface area contributed by atoms with E-state index in [2.05, 4.69) is 25.8 Å². The largest absolute Gasteiger partial charge is 0.168 e. The van der Waals surface area contributed by atoms with Crippen molar-refractivity contribution in [3.8, 4) is 0 Å². The fourth-order valence-corrected chi connectivity index (χ4v) is 0.0962. The Morgan fingerprint density at radius 1 is 1.29 bits per heavy atom. The summed E-state index contributed by atoms with van der Waals surface area (Å²) in [6.07, 6.45) is 3.44. The Kier molecular flexibility index (Phi) is 8.89. The Morgan fingerprint density at radius 3 is 1.57 bits per heavy atom. The van der Waals surface area contributed by atoms with Crippen LogP contribution in [0.3, 0.4) is 0 Å². The molecule has 0 aromatic heterocycles. The summed E-state index contributed by atoms with van der Waals surface area (Å²) >= 11 is 3.99. The van der Waals surface area contributed by atoms with E-state index in [9.17, 15) is 0 Å². The third-order valence-electron chi connectivity index (χ3n) is 0.483. The van der Waals surface area contributed by atoms with Crippen molar-refractivity contribution in [2.24, 2.45) is 0 Å². The molecule has 0 spiro atoms. The van der Waals surface area contributed by atoms with Gasteiger partial charge in [-0.15, -0.1) is 25.6 Å². The second-order valence-corrected chi connectivity index (χ2v) is 1.56. The first-order valence-corrected chi connectivity index (χ1v) is 2.26.